The highest BCUT2D eigenvalue weighted by atomic mass is 16.4. The lowest BCUT2D eigenvalue weighted by molar-refractivity contribution is 0.0697. The molecule has 7 heteroatoms. The summed E-state index contributed by atoms with van der Waals surface area (Å²) < 4.78 is 11.4. The summed E-state index contributed by atoms with van der Waals surface area (Å²) in [5.41, 5.74) is 9.07. The minimum absolute atomic E-state index is 0.0488. The van der Waals surface area contributed by atoms with Crippen LogP contribution in [-0.4, -0.2) is 27.8 Å². The predicted molar refractivity (Wildman–Crippen MR) is 91.4 cm³/mol. The Morgan fingerprint density at radius 1 is 1.12 bits per heavy atom. The Balaban J connectivity index is 1.84. The zero-order valence-corrected chi connectivity index (χ0v) is 13.0. The molecule has 4 aromatic rings. The Morgan fingerprint density at radius 3 is 2.72 bits per heavy atom. The summed E-state index contributed by atoms with van der Waals surface area (Å²) in [6.07, 6.45) is 0.525. The number of nitrogen functional groups attached to an aromatic ring is 1. The van der Waals surface area contributed by atoms with Gasteiger partial charge in [-0.1, -0.05) is 6.07 Å². The largest absolute Gasteiger partial charge is 0.478 e. The van der Waals surface area contributed by atoms with E-state index in [1.807, 2.05) is 12.1 Å². The first-order chi connectivity index (χ1) is 12.1. The van der Waals surface area contributed by atoms with Crippen molar-refractivity contribution in [3.05, 3.63) is 47.5 Å². The molecule has 0 atom stereocenters. The second-order valence-electron chi connectivity index (χ2n) is 5.66. The number of aromatic carboxylic acids is 1. The number of carboxylic acids is 1. The van der Waals surface area contributed by atoms with E-state index in [1.54, 1.807) is 12.1 Å². The lowest BCUT2D eigenvalue weighted by Crippen LogP contribution is -1.94. The number of hydrogen-bond donors (Lipinski definition) is 3. The summed E-state index contributed by atoms with van der Waals surface area (Å²) in [5, 5.41) is 18.8. The van der Waals surface area contributed by atoms with Crippen LogP contribution in [0.2, 0.25) is 0 Å². The number of aliphatic hydroxyl groups is 1. The first kappa shape index (κ1) is 15.2. The fourth-order valence-corrected chi connectivity index (χ4v) is 2.76. The number of benzene rings is 2. The van der Waals surface area contributed by atoms with Crippen molar-refractivity contribution in [1.82, 2.24) is 4.98 Å². The molecule has 0 radical (unpaired) electrons. The smallest absolute Gasteiger partial charge is 0.335 e. The van der Waals surface area contributed by atoms with Gasteiger partial charge in [-0.05, 0) is 42.3 Å². The van der Waals surface area contributed by atoms with E-state index in [1.165, 1.54) is 12.1 Å². The lowest BCUT2D eigenvalue weighted by atomic mass is 10.1. The maximum Gasteiger partial charge on any atom is 0.335 e. The molecule has 7 nitrogen and oxygen atoms in total. The van der Waals surface area contributed by atoms with Gasteiger partial charge in [0, 0.05) is 12.0 Å². The summed E-state index contributed by atoms with van der Waals surface area (Å²) in [4.78, 5) is 15.4. The summed E-state index contributed by atoms with van der Waals surface area (Å²) in [7, 11) is 0. The van der Waals surface area contributed by atoms with E-state index in [0.717, 1.165) is 10.9 Å². The second-order valence-corrected chi connectivity index (χ2v) is 5.66. The van der Waals surface area contributed by atoms with Gasteiger partial charge in [0.1, 0.15) is 11.1 Å². The normalized spacial score (nSPS) is 11.4. The zero-order chi connectivity index (χ0) is 17.6. The van der Waals surface area contributed by atoms with Crippen molar-refractivity contribution in [1.29, 1.82) is 0 Å². The number of rotatable bonds is 4. The number of fused-ring (bicyclic) bond motifs is 2. The van der Waals surface area contributed by atoms with Gasteiger partial charge in [0.15, 0.2) is 5.58 Å². The molecule has 2 aromatic heterocycles. The van der Waals surface area contributed by atoms with Crippen molar-refractivity contribution >= 4 is 33.7 Å². The van der Waals surface area contributed by atoms with Crippen LogP contribution < -0.4 is 5.73 Å². The SMILES string of the molecule is Nc1c(-c2nc3ccc(C(=O)O)cc3o2)oc2ccc(CCO)cc12. The van der Waals surface area contributed by atoms with Crippen LogP contribution in [0.1, 0.15) is 15.9 Å². The van der Waals surface area contributed by atoms with Crippen molar-refractivity contribution in [2.45, 2.75) is 6.42 Å². The van der Waals surface area contributed by atoms with Crippen molar-refractivity contribution in [3.8, 4) is 11.7 Å². The number of aliphatic hydroxyl groups excluding tert-OH is 1. The highest BCUT2D eigenvalue weighted by Crippen LogP contribution is 2.37. The molecule has 0 fully saturated rings. The van der Waals surface area contributed by atoms with E-state index in [4.69, 9.17) is 24.8 Å². The predicted octanol–water partition coefficient (Wildman–Crippen LogP) is 3.06. The number of aromatic nitrogens is 1. The van der Waals surface area contributed by atoms with E-state index in [0.29, 0.717) is 34.6 Å². The number of carbonyl (C=O) groups is 1. The van der Waals surface area contributed by atoms with Crippen molar-refractivity contribution in [3.63, 3.8) is 0 Å². The van der Waals surface area contributed by atoms with Crippen LogP contribution in [-0.2, 0) is 6.42 Å². The van der Waals surface area contributed by atoms with Gasteiger partial charge in [0.2, 0.25) is 5.76 Å². The molecule has 0 aliphatic rings. The molecule has 0 aliphatic carbocycles. The maximum atomic E-state index is 11.1. The third-order valence-electron chi connectivity index (χ3n) is 4.02. The highest BCUT2D eigenvalue weighted by molar-refractivity contribution is 5.97. The Morgan fingerprint density at radius 2 is 1.96 bits per heavy atom. The quantitative estimate of drug-likeness (QED) is 0.522. The minimum Gasteiger partial charge on any atom is -0.478 e. The van der Waals surface area contributed by atoms with Crippen molar-refractivity contribution < 1.29 is 23.8 Å². The third-order valence-corrected chi connectivity index (χ3v) is 4.02. The highest BCUT2D eigenvalue weighted by Gasteiger charge is 2.19. The molecule has 25 heavy (non-hydrogen) atoms. The number of hydrogen-bond acceptors (Lipinski definition) is 6. The number of carboxylic acid groups (broad SMARTS) is 1. The molecule has 2 heterocycles. The fourth-order valence-electron chi connectivity index (χ4n) is 2.76. The summed E-state index contributed by atoms with van der Waals surface area (Å²) >= 11 is 0. The van der Waals surface area contributed by atoms with Crippen LogP contribution in [0.15, 0.2) is 45.2 Å². The van der Waals surface area contributed by atoms with Crippen molar-refractivity contribution in [2.24, 2.45) is 0 Å². The molecule has 2 aromatic carbocycles. The van der Waals surface area contributed by atoms with Crippen LogP contribution >= 0.6 is 0 Å². The molecule has 0 amide bonds. The van der Waals surface area contributed by atoms with Crippen LogP contribution in [0.3, 0.4) is 0 Å². The standard InChI is InChI=1S/C18H14N2O5/c19-15-11-7-9(5-6-21)1-4-13(11)24-16(15)17-20-12-3-2-10(18(22)23)8-14(12)25-17/h1-4,7-8,21H,5-6,19H2,(H,22,23). The van der Waals surface area contributed by atoms with Gasteiger partial charge in [-0.15, -0.1) is 0 Å². The summed E-state index contributed by atoms with van der Waals surface area (Å²) in [5.74, 6) is -0.557. The Labute approximate surface area is 141 Å². The molecule has 0 aliphatic heterocycles. The van der Waals surface area contributed by atoms with E-state index < -0.39 is 5.97 Å². The molecule has 4 rings (SSSR count). The molecule has 0 unspecified atom stereocenters. The lowest BCUT2D eigenvalue weighted by Gasteiger charge is -1.97. The summed E-state index contributed by atoms with van der Waals surface area (Å²) in [6.45, 7) is 0.0488. The van der Waals surface area contributed by atoms with Gasteiger partial charge in [-0.25, -0.2) is 9.78 Å². The Bertz CT molecular complexity index is 1110. The average molecular weight is 338 g/mol. The van der Waals surface area contributed by atoms with Gasteiger partial charge in [-0.2, -0.15) is 0 Å². The number of nitrogens with zero attached hydrogens (tertiary/aromatic N) is 1. The molecular formula is C18H14N2O5. The number of oxazole rings is 1. The van der Waals surface area contributed by atoms with Crippen LogP contribution in [0.25, 0.3) is 33.7 Å². The molecule has 0 saturated heterocycles. The van der Waals surface area contributed by atoms with Crippen molar-refractivity contribution in [2.75, 3.05) is 12.3 Å². The van der Waals surface area contributed by atoms with E-state index in [9.17, 15) is 4.79 Å². The number of anilines is 1. The Kier molecular flexibility index (Phi) is 3.43. The fraction of sp³-hybridized carbons (Fsp3) is 0.111. The van der Waals surface area contributed by atoms with E-state index in [2.05, 4.69) is 4.98 Å². The molecule has 0 spiro atoms. The van der Waals surface area contributed by atoms with Gasteiger partial charge in [0.25, 0.3) is 5.89 Å². The molecule has 4 N–H and O–H groups in total. The second kappa shape index (κ2) is 5.64. The van der Waals surface area contributed by atoms with Gasteiger partial charge in [-0.3, -0.25) is 0 Å². The van der Waals surface area contributed by atoms with E-state index >= 15 is 0 Å². The molecular weight excluding hydrogens is 324 g/mol. The Hall–Kier alpha value is -3.32. The topological polar surface area (TPSA) is 123 Å². The minimum atomic E-state index is -1.04. The van der Waals surface area contributed by atoms with Crippen LogP contribution in [0.5, 0.6) is 0 Å². The van der Waals surface area contributed by atoms with E-state index in [-0.39, 0.29) is 18.1 Å². The van der Waals surface area contributed by atoms with Gasteiger partial charge < -0.3 is 24.8 Å². The molecule has 0 saturated carbocycles. The molecule has 0 bridgehead atoms. The summed E-state index contributed by atoms with van der Waals surface area (Å²) in [6, 6.07) is 9.94. The molecule has 126 valence electrons. The van der Waals surface area contributed by atoms with Gasteiger partial charge in [0.05, 0.1) is 11.3 Å². The maximum absolute atomic E-state index is 11.1. The first-order valence-electron chi connectivity index (χ1n) is 7.63. The van der Waals surface area contributed by atoms with Crippen LogP contribution in [0, 0.1) is 0 Å². The monoisotopic (exact) mass is 338 g/mol. The number of furan rings is 1. The third kappa shape index (κ3) is 2.50. The zero-order valence-electron chi connectivity index (χ0n) is 13.0. The van der Waals surface area contributed by atoms with Crippen LogP contribution in [0.4, 0.5) is 5.69 Å². The number of nitrogens with two attached hydrogens (primary N) is 1. The van der Waals surface area contributed by atoms with Gasteiger partial charge >= 0.3 is 5.97 Å². The average Bonchev–Trinajstić information content (AvgIpc) is 3.16. The first-order valence-corrected chi connectivity index (χ1v) is 7.63.